The van der Waals surface area contributed by atoms with E-state index in [0.29, 0.717) is 4.24 Å². The van der Waals surface area contributed by atoms with Gasteiger partial charge in [-0.05, 0) is 0 Å². The zero-order chi connectivity index (χ0) is 6.85. The molecule has 0 aliphatic heterocycles. The predicted octanol–water partition coefficient (Wildman–Crippen LogP) is 1.38. The van der Waals surface area contributed by atoms with Crippen molar-refractivity contribution in [3.8, 4) is 0 Å². The van der Waals surface area contributed by atoms with Gasteiger partial charge in [0, 0.05) is 0 Å². The molecule has 0 aliphatic rings. The molecule has 0 bridgehead atoms. The standard InChI is InChI=1S/C6H3BrF.Li/c7-5-1-3-6(8)4-2-5;/h1-3H;. The molecule has 0 atom stereocenters. The van der Waals surface area contributed by atoms with E-state index >= 15 is 0 Å². The number of benzene rings is 1. The Morgan fingerprint density at radius 3 is 2.56 bits per heavy atom. The fourth-order valence-corrected chi connectivity index (χ4v) is 1.08. The maximum atomic E-state index is 12.5. The molecule has 0 saturated heterocycles. The molecule has 1 aromatic carbocycles. The van der Waals surface area contributed by atoms with Crippen molar-refractivity contribution in [1.29, 1.82) is 0 Å². The minimum atomic E-state index is -0.154. The van der Waals surface area contributed by atoms with Crippen molar-refractivity contribution in [1.82, 2.24) is 0 Å². The molecule has 1 rings (SSSR count). The third-order valence-corrected chi connectivity index (χ3v) is 1.61. The second-order valence-electron chi connectivity index (χ2n) is 1.89. The van der Waals surface area contributed by atoms with Crippen molar-refractivity contribution in [2.24, 2.45) is 0 Å². The van der Waals surface area contributed by atoms with Crippen LogP contribution < -0.4 is 4.24 Å². The number of rotatable bonds is 0. The molecule has 0 amide bonds. The first-order valence-corrected chi connectivity index (χ1v) is 3.41. The summed E-state index contributed by atoms with van der Waals surface area (Å²) in [6.45, 7) is 0. The summed E-state index contributed by atoms with van der Waals surface area (Å²) < 4.78 is 14.1. The van der Waals surface area contributed by atoms with Crippen LogP contribution in [0.5, 0.6) is 0 Å². The van der Waals surface area contributed by atoms with Crippen LogP contribution in [0.3, 0.4) is 0 Å². The van der Waals surface area contributed by atoms with Crippen molar-refractivity contribution < 1.29 is 4.39 Å². The SMILES string of the molecule is [Li][c]1cc(Br)ccc1F. The molecule has 1 aromatic rings. The van der Waals surface area contributed by atoms with Gasteiger partial charge >= 0.3 is 70.8 Å². The second-order valence-corrected chi connectivity index (χ2v) is 2.81. The Hall–Kier alpha value is 0.227. The summed E-state index contributed by atoms with van der Waals surface area (Å²) in [5, 5.41) is 0. The van der Waals surface area contributed by atoms with Crippen LogP contribution in [0.25, 0.3) is 0 Å². The summed E-state index contributed by atoms with van der Waals surface area (Å²) >= 11 is 4.97. The van der Waals surface area contributed by atoms with Crippen LogP contribution in [0, 0.1) is 5.82 Å². The molecule has 9 heavy (non-hydrogen) atoms. The first-order chi connectivity index (χ1) is 4.20. The van der Waals surface area contributed by atoms with E-state index in [-0.39, 0.29) is 5.82 Å². The maximum absolute atomic E-state index is 12.5. The predicted molar refractivity (Wildman–Crippen MR) is 39.5 cm³/mol. The van der Waals surface area contributed by atoms with Gasteiger partial charge in [0.1, 0.15) is 0 Å². The van der Waals surface area contributed by atoms with Gasteiger partial charge in [-0.3, -0.25) is 0 Å². The van der Waals surface area contributed by atoms with Crippen molar-refractivity contribution in [3.63, 3.8) is 0 Å². The Morgan fingerprint density at radius 2 is 2.11 bits per heavy atom. The summed E-state index contributed by atoms with van der Waals surface area (Å²) in [7, 11) is 0. The average Bonchev–Trinajstić information content (AvgIpc) is 1.80. The molecule has 0 fully saturated rings. The Balaban J connectivity index is 3.17. The zero-order valence-electron chi connectivity index (χ0n) is 4.99. The molecule has 0 aliphatic carbocycles. The Bertz CT molecular complexity index is 224. The van der Waals surface area contributed by atoms with Crippen molar-refractivity contribution in [3.05, 3.63) is 28.5 Å². The number of hydrogen-bond donors (Lipinski definition) is 0. The summed E-state index contributed by atoms with van der Waals surface area (Å²) in [6.07, 6.45) is 0. The zero-order valence-corrected chi connectivity index (χ0v) is 6.57. The van der Waals surface area contributed by atoms with Gasteiger partial charge in [0.15, 0.2) is 0 Å². The van der Waals surface area contributed by atoms with E-state index < -0.39 is 0 Å². The monoisotopic (exact) mass is 180 g/mol. The first-order valence-electron chi connectivity index (χ1n) is 2.62. The molecule has 3 heteroatoms. The molecule has 0 spiro atoms. The van der Waals surface area contributed by atoms with E-state index in [0.717, 1.165) is 4.47 Å². The third kappa shape index (κ3) is 1.82. The molecule has 0 radical (unpaired) electrons. The normalized spacial score (nSPS) is 9.78. The van der Waals surface area contributed by atoms with E-state index in [2.05, 4.69) is 15.9 Å². The van der Waals surface area contributed by atoms with E-state index in [4.69, 9.17) is 0 Å². The Kier molecular flexibility index (Phi) is 2.34. The Morgan fingerprint density at radius 1 is 1.44 bits per heavy atom. The van der Waals surface area contributed by atoms with Crippen LogP contribution >= 0.6 is 15.9 Å². The van der Waals surface area contributed by atoms with Crippen LogP contribution in [-0.4, -0.2) is 17.7 Å². The summed E-state index contributed by atoms with van der Waals surface area (Å²) in [4.78, 5) is 0. The van der Waals surface area contributed by atoms with Crippen molar-refractivity contribution in [2.75, 3.05) is 0 Å². The van der Waals surface area contributed by atoms with Crippen LogP contribution in [0.1, 0.15) is 0 Å². The molecule has 0 aromatic heterocycles. The molecule has 42 valence electrons. The number of hydrogen-bond acceptors (Lipinski definition) is 0. The van der Waals surface area contributed by atoms with Crippen LogP contribution in [0.2, 0.25) is 0 Å². The van der Waals surface area contributed by atoms with Gasteiger partial charge in [0.25, 0.3) is 0 Å². The van der Waals surface area contributed by atoms with Gasteiger partial charge in [0.05, 0.1) is 0 Å². The van der Waals surface area contributed by atoms with Crippen molar-refractivity contribution >= 4 is 37.9 Å². The van der Waals surface area contributed by atoms with E-state index in [9.17, 15) is 4.39 Å². The van der Waals surface area contributed by atoms with Gasteiger partial charge < -0.3 is 0 Å². The topological polar surface area (TPSA) is 0 Å². The molecule has 0 unspecified atom stereocenters. The van der Waals surface area contributed by atoms with Gasteiger partial charge in [-0.15, -0.1) is 0 Å². The molecule has 0 nitrogen and oxygen atoms in total. The fourth-order valence-electron chi connectivity index (χ4n) is 0.608. The minimum absolute atomic E-state index is 0.154. The van der Waals surface area contributed by atoms with Crippen LogP contribution in [-0.2, 0) is 0 Å². The summed E-state index contributed by atoms with van der Waals surface area (Å²) in [5.41, 5.74) is 0. The van der Waals surface area contributed by atoms with E-state index in [1.165, 1.54) is 6.07 Å². The summed E-state index contributed by atoms with van der Waals surface area (Å²) in [5.74, 6) is -0.154. The molecule has 0 N–H and O–H groups in total. The van der Waals surface area contributed by atoms with Crippen molar-refractivity contribution in [2.45, 2.75) is 0 Å². The van der Waals surface area contributed by atoms with Gasteiger partial charge in [-0.2, -0.15) is 0 Å². The molecule has 0 heterocycles. The second kappa shape index (κ2) is 2.87. The molecular weight excluding hydrogens is 178 g/mol. The van der Waals surface area contributed by atoms with Crippen LogP contribution in [0.4, 0.5) is 4.39 Å². The average molecular weight is 181 g/mol. The fraction of sp³-hybridized carbons (Fsp3) is 0. The summed E-state index contributed by atoms with van der Waals surface area (Å²) in [6, 6.07) is 4.87. The first kappa shape index (κ1) is 7.34. The quantitative estimate of drug-likeness (QED) is 0.530. The molecular formula is C6H3BrFLi. The molecule has 0 saturated carbocycles. The van der Waals surface area contributed by atoms with Gasteiger partial charge in [-0.25, -0.2) is 0 Å². The van der Waals surface area contributed by atoms with Crippen LogP contribution in [0.15, 0.2) is 22.7 Å². The van der Waals surface area contributed by atoms with Gasteiger partial charge in [0.2, 0.25) is 0 Å². The van der Waals surface area contributed by atoms with Gasteiger partial charge in [-0.1, -0.05) is 0 Å². The number of halogens is 2. The third-order valence-electron chi connectivity index (χ3n) is 1.12. The Labute approximate surface area is 70.8 Å². The van der Waals surface area contributed by atoms with E-state index in [1.807, 2.05) is 0 Å². The van der Waals surface area contributed by atoms with E-state index in [1.54, 1.807) is 29.8 Å².